The zero-order chi connectivity index (χ0) is 11.2. The van der Waals surface area contributed by atoms with Gasteiger partial charge in [0.05, 0.1) is 12.1 Å². The van der Waals surface area contributed by atoms with Crippen molar-refractivity contribution in [1.29, 1.82) is 0 Å². The molecule has 0 aromatic rings. The van der Waals surface area contributed by atoms with Gasteiger partial charge in [-0.2, -0.15) is 0 Å². The van der Waals surface area contributed by atoms with E-state index in [1.165, 1.54) is 7.05 Å². The summed E-state index contributed by atoms with van der Waals surface area (Å²) in [7, 11) is 1.53. The largest absolute Gasteiger partial charge is 0.358 e. The van der Waals surface area contributed by atoms with Gasteiger partial charge in [0.1, 0.15) is 0 Å². The number of likely N-dealkylation sites (N-methyl/N-ethyl adjacent to an activating group) is 2. The van der Waals surface area contributed by atoms with Gasteiger partial charge in [0, 0.05) is 7.05 Å². The van der Waals surface area contributed by atoms with Gasteiger partial charge in [0.2, 0.25) is 11.8 Å². The zero-order valence-corrected chi connectivity index (χ0v) is 9.23. The highest BCUT2D eigenvalue weighted by Gasteiger charge is 2.25. The topological polar surface area (TPSA) is 70.2 Å². The molecule has 5 nitrogen and oxygen atoms in total. The molecular formula is C9H19N3O2. The van der Waals surface area contributed by atoms with Gasteiger partial charge in [-0.05, 0) is 20.4 Å². The molecule has 0 radical (unpaired) electrons. The van der Waals surface area contributed by atoms with Crippen LogP contribution >= 0.6 is 0 Å². The van der Waals surface area contributed by atoms with E-state index in [2.05, 4.69) is 16.0 Å². The van der Waals surface area contributed by atoms with E-state index in [9.17, 15) is 9.59 Å². The summed E-state index contributed by atoms with van der Waals surface area (Å²) >= 11 is 0. The molecule has 14 heavy (non-hydrogen) atoms. The minimum Gasteiger partial charge on any atom is -0.358 e. The van der Waals surface area contributed by atoms with E-state index in [0.29, 0.717) is 6.54 Å². The van der Waals surface area contributed by atoms with Crippen LogP contribution in [0.5, 0.6) is 0 Å². The molecule has 2 amide bonds. The summed E-state index contributed by atoms with van der Waals surface area (Å²) in [6.07, 6.45) is 0. The van der Waals surface area contributed by atoms with Crippen molar-refractivity contribution in [2.45, 2.75) is 26.3 Å². The molecule has 0 aliphatic heterocycles. The number of carbonyl (C=O) groups excluding carboxylic acids is 2. The first-order chi connectivity index (χ1) is 6.44. The van der Waals surface area contributed by atoms with Gasteiger partial charge in [0.15, 0.2) is 0 Å². The van der Waals surface area contributed by atoms with Crippen LogP contribution in [0, 0.1) is 0 Å². The van der Waals surface area contributed by atoms with E-state index < -0.39 is 5.54 Å². The molecule has 5 heteroatoms. The van der Waals surface area contributed by atoms with Gasteiger partial charge in [0.25, 0.3) is 0 Å². The number of carbonyl (C=O) groups is 2. The molecule has 0 heterocycles. The van der Waals surface area contributed by atoms with E-state index >= 15 is 0 Å². The fourth-order valence-corrected chi connectivity index (χ4v) is 0.992. The second-order valence-electron chi connectivity index (χ2n) is 3.51. The van der Waals surface area contributed by atoms with Crippen LogP contribution in [0.2, 0.25) is 0 Å². The second kappa shape index (κ2) is 5.59. The first-order valence-corrected chi connectivity index (χ1v) is 4.68. The zero-order valence-electron chi connectivity index (χ0n) is 9.23. The standard InChI is InChI=1S/C9H19N3O2/c1-5-12-9(2,3)8(14)11-6-7(13)10-4/h12H,5-6H2,1-4H3,(H,10,13)(H,11,14). The van der Waals surface area contributed by atoms with Gasteiger partial charge >= 0.3 is 0 Å². The molecule has 0 fully saturated rings. The summed E-state index contributed by atoms with van der Waals surface area (Å²) in [6.45, 7) is 6.20. The van der Waals surface area contributed by atoms with Crippen molar-refractivity contribution in [3.8, 4) is 0 Å². The second-order valence-corrected chi connectivity index (χ2v) is 3.51. The Kier molecular flexibility index (Phi) is 5.15. The van der Waals surface area contributed by atoms with Crippen molar-refractivity contribution in [1.82, 2.24) is 16.0 Å². The van der Waals surface area contributed by atoms with Crippen LogP contribution < -0.4 is 16.0 Å². The van der Waals surface area contributed by atoms with Crippen molar-refractivity contribution < 1.29 is 9.59 Å². The summed E-state index contributed by atoms with van der Waals surface area (Å²) in [5.41, 5.74) is -0.636. The third kappa shape index (κ3) is 4.23. The summed E-state index contributed by atoms with van der Waals surface area (Å²) in [5.74, 6) is -0.381. The first kappa shape index (κ1) is 12.9. The van der Waals surface area contributed by atoms with E-state index in [1.54, 1.807) is 13.8 Å². The summed E-state index contributed by atoms with van der Waals surface area (Å²) in [5, 5.41) is 7.99. The van der Waals surface area contributed by atoms with Gasteiger partial charge < -0.3 is 16.0 Å². The van der Waals surface area contributed by atoms with Crippen LogP contribution in [0.1, 0.15) is 20.8 Å². The van der Waals surface area contributed by atoms with E-state index in [1.807, 2.05) is 6.92 Å². The Morgan fingerprint density at radius 2 is 1.86 bits per heavy atom. The van der Waals surface area contributed by atoms with Crippen LogP contribution in [0.25, 0.3) is 0 Å². The molecule has 3 N–H and O–H groups in total. The fraction of sp³-hybridized carbons (Fsp3) is 0.778. The molecule has 0 atom stereocenters. The Bertz CT molecular complexity index is 214. The Labute approximate surface area is 84.6 Å². The molecule has 82 valence electrons. The lowest BCUT2D eigenvalue weighted by Crippen LogP contribution is -2.54. The van der Waals surface area contributed by atoms with Crippen molar-refractivity contribution in [2.75, 3.05) is 20.1 Å². The summed E-state index contributed by atoms with van der Waals surface area (Å²) < 4.78 is 0. The predicted molar refractivity (Wildman–Crippen MR) is 54.8 cm³/mol. The number of rotatable bonds is 5. The van der Waals surface area contributed by atoms with Gasteiger partial charge in [-0.15, -0.1) is 0 Å². The fourth-order valence-electron chi connectivity index (χ4n) is 0.992. The Balaban J connectivity index is 4.01. The third-order valence-corrected chi connectivity index (χ3v) is 1.87. The van der Waals surface area contributed by atoms with Crippen molar-refractivity contribution in [2.24, 2.45) is 0 Å². The monoisotopic (exact) mass is 201 g/mol. The Hall–Kier alpha value is -1.10. The number of hydrogen-bond acceptors (Lipinski definition) is 3. The minimum atomic E-state index is -0.636. The highest BCUT2D eigenvalue weighted by Crippen LogP contribution is 2.00. The molecule has 0 aromatic heterocycles. The maximum Gasteiger partial charge on any atom is 0.240 e. The van der Waals surface area contributed by atoms with Gasteiger partial charge in [-0.1, -0.05) is 6.92 Å². The van der Waals surface area contributed by atoms with Crippen LogP contribution in [0.4, 0.5) is 0 Å². The highest BCUT2D eigenvalue weighted by atomic mass is 16.2. The molecule has 0 aromatic carbocycles. The van der Waals surface area contributed by atoms with E-state index in [4.69, 9.17) is 0 Å². The number of nitrogens with one attached hydrogen (secondary N) is 3. The lowest BCUT2D eigenvalue weighted by atomic mass is 10.0. The lowest BCUT2D eigenvalue weighted by Gasteiger charge is -2.24. The minimum absolute atomic E-state index is 0.0180. The lowest BCUT2D eigenvalue weighted by molar-refractivity contribution is -0.129. The molecule has 0 saturated heterocycles. The predicted octanol–water partition coefficient (Wildman–Crippen LogP) is -0.763. The molecule has 0 aliphatic rings. The van der Waals surface area contributed by atoms with Crippen LogP contribution in [0.15, 0.2) is 0 Å². The molecular weight excluding hydrogens is 182 g/mol. The van der Waals surface area contributed by atoms with Crippen molar-refractivity contribution in [3.05, 3.63) is 0 Å². The van der Waals surface area contributed by atoms with E-state index in [-0.39, 0.29) is 18.4 Å². The maximum atomic E-state index is 11.5. The molecule has 0 saturated carbocycles. The van der Waals surface area contributed by atoms with Crippen LogP contribution in [0.3, 0.4) is 0 Å². The first-order valence-electron chi connectivity index (χ1n) is 4.68. The number of amides is 2. The molecule has 0 bridgehead atoms. The van der Waals surface area contributed by atoms with Crippen molar-refractivity contribution >= 4 is 11.8 Å². The molecule has 0 spiro atoms. The average molecular weight is 201 g/mol. The van der Waals surface area contributed by atoms with Crippen molar-refractivity contribution in [3.63, 3.8) is 0 Å². The van der Waals surface area contributed by atoms with Gasteiger partial charge in [-0.25, -0.2) is 0 Å². The van der Waals surface area contributed by atoms with Crippen LogP contribution in [-0.2, 0) is 9.59 Å². The van der Waals surface area contributed by atoms with Gasteiger partial charge in [-0.3, -0.25) is 9.59 Å². The van der Waals surface area contributed by atoms with Crippen LogP contribution in [-0.4, -0.2) is 37.5 Å². The number of hydrogen-bond donors (Lipinski definition) is 3. The Morgan fingerprint density at radius 3 is 2.29 bits per heavy atom. The Morgan fingerprint density at radius 1 is 1.29 bits per heavy atom. The maximum absolute atomic E-state index is 11.5. The molecule has 0 unspecified atom stereocenters. The average Bonchev–Trinajstić information content (AvgIpc) is 2.13. The molecule has 0 aliphatic carbocycles. The normalized spacial score (nSPS) is 10.9. The highest BCUT2D eigenvalue weighted by molar-refractivity contribution is 5.89. The van der Waals surface area contributed by atoms with E-state index in [0.717, 1.165) is 0 Å². The quantitative estimate of drug-likeness (QED) is 0.547. The SMILES string of the molecule is CCNC(C)(C)C(=O)NCC(=O)NC. The smallest absolute Gasteiger partial charge is 0.240 e. The summed E-state index contributed by atoms with van der Waals surface area (Å²) in [4.78, 5) is 22.4. The third-order valence-electron chi connectivity index (χ3n) is 1.87. The summed E-state index contributed by atoms with van der Waals surface area (Å²) in [6, 6.07) is 0. The molecule has 0 rings (SSSR count).